The molecule has 0 spiro atoms. The van der Waals surface area contributed by atoms with Gasteiger partial charge in [-0.25, -0.2) is 4.98 Å². The molecule has 0 bridgehead atoms. The number of nitrogens with zero attached hydrogens (tertiary/aromatic N) is 4. The van der Waals surface area contributed by atoms with Crippen LogP contribution in [0, 0.1) is 0 Å². The molecule has 0 radical (unpaired) electrons. The molecule has 0 aliphatic carbocycles. The molecule has 0 saturated heterocycles. The van der Waals surface area contributed by atoms with Gasteiger partial charge in [0.05, 0.1) is 18.1 Å². The molecule has 4 rings (SSSR count). The smallest absolute Gasteiger partial charge is 0.223 e. The van der Waals surface area contributed by atoms with Crippen molar-refractivity contribution in [1.82, 2.24) is 24.3 Å². The largest absolute Gasteiger partial charge is 0.503 e. The molecule has 4 heterocycles. The Labute approximate surface area is 119 Å². The highest BCUT2D eigenvalue weighted by molar-refractivity contribution is 5.67. The molecule has 3 aromatic rings. The fourth-order valence-electron chi connectivity index (χ4n) is 2.85. The van der Waals surface area contributed by atoms with E-state index >= 15 is 0 Å². The van der Waals surface area contributed by atoms with Gasteiger partial charge in [-0.1, -0.05) is 0 Å². The number of H-pyrrole nitrogens is 1. The average molecular weight is 283 g/mol. The Balaban J connectivity index is 2.02. The number of aromatic hydroxyl groups is 1. The second-order valence-electron chi connectivity index (χ2n) is 5.20. The monoisotopic (exact) mass is 283 g/mol. The number of hydrogen-bond donors (Lipinski definition) is 2. The topological polar surface area (TPSA) is 88.7 Å². The highest BCUT2D eigenvalue weighted by Gasteiger charge is 2.27. The predicted octanol–water partition coefficient (Wildman–Crippen LogP) is 1.38. The van der Waals surface area contributed by atoms with Crippen LogP contribution in [0.3, 0.4) is 0 Å². The lowest BCUT2D eigenvalue weighted by Crippen LogP contribution is -2.24. The first kappa shape index (κ1) is 12.0. The maximum absolute atomic E-state index is 11.7. The summed E-state index contributed by atoms with van der Waals surface area (Å²) in [6, 6.07) is 1.49. The fraction of sp³-hybridized carbons (Fsp3) is 0.214. The van der Waals surface area contributed by atoms with Crippen molar-refractivity contribution >= 4 is 0 Å². The standard InChI is InChI=1S/C14H13N5O2/c1-8-7-19-10(9-4-16-17-5-9)6-15-14(19)12-13(21)11(20)2-3-18(8)12/h2-6,8,21H,7H2,1H3,(H,16,17)/t8-/m0/s1. The van der Waals surface area contributed by atoms with E-state index in [0.29, 0.717) is 18.1 Å². The molecule has 3 aromatic heterocycles. The molecule has 1 atom stereocenters. The Morgan fingerprint density at radius 1 is 1.43 bits per heavy atom. The summed E-state index contributed by atoms with van der Waals surface area (Å²) in [5.41, 5.74) is 1.91. The first-order valence-corrected chi connectivity index (χ1v) is 6.66. The molecule has 0 unspecified atom stereocenters. The number of pyridine rings is 1. The van der Waals surface area contributed by atoms with Crippen LogP contribution in [0.15, 0.2) is 35.6 Å². The SMILES string of the molecule is C[C@H]1Cn2c(-c3cn[nH]c3)cnc2-c2c(O)c(=O)ccn21. The number of hydrogen-bond acceptors (Lipinski definition) is 4. The molecule has 0 fully saturated rings. The van der Waals surface area contributed by atoms with Crippen LogP contribution in [0.2, 0.25) is 0 Å². The van der Waals surface area contributed by atoms with Crippen LogP contribution < -0.4 is 5.43 Å². The van der Waals surface area contributed by atoms with E-state index in [2.05, 4.69) is 15.2 Å². The van der Waals surface area contributed by atoms with Crippen molar-refractivity contribution in [3.8, 4) is 28.5 Å². The van der Waals surface area contributed by atoms with E-state index in [9.17, 15) is 9.90 Å². The van der Waals surface area contributed by atoms with E-state index in [1.165, 1.54) is 6.07 Å². The van der Waals surface area contributed by atoms with Crippen LogP contribution in [-0.4, -0.2) is 29.4 Å². The number of rotatable bonds is 1. The third-order valence-corrected chi connectivity index (χ3v) is 3.89. The minimum Gasteiger partial charge on any atom is -0.503 e. The molecule has 21 heavy (non-hydrogen) atoms. The lowest BCUT2D eigenvalue weighted by atomic mass is 10.1. The molecule has 0 amide bonds. The van der Waals surface area contributed by atoms with Crippen molar-refractivity contribution in [2.75, 3.05) is 0 Å². The second kappa shape index (κ2) is 4.08. The summed E-state index contributed by atoms with van der Waals surface area (Å²) in [5, 5.41) is 16.9. The van der Waals surface area contributed by atoms with Crippen LogP contribution in [0.25, 0.3) is 22.8 Å². The summed E-state index contributed by atoms with van der Waals surface area (Å²) in [7, 11) is 0. The van der Waals surface area contributed by atoms with Gasteiger partial charge in [0.25, 0.3) is 0 Å². The lowest BCUT2D eigenvalue weighted by Gasteiger charge is -2.28. The minimum absolute atomic E-state index is 0.110. The van der Waals surface area contributed by atoms with E-state index in [1.54, 1.807) is 24.8 Å². The van der Waals surface area contributed by atoms with E-state index in [-0.39, 0.29) is 11.8 Å². The average Bonchev–Trinajstić information content (AvgIpc) is 3.11. The molecular weight excluding hydrogens is 270 g/mol. The highest BCUT2D eigenvalue weighted by atomic mass is 16.3. The zero-order chi connectivity index (χ0) is 14.6. The van der Waals surface area contributed by atoms with Crippen LogP contribution in [0.4, 0.5) is 0 Å². The minimum atomic E-state index is -0.394. The van der Waals surface area contributed by atoms with Gasteiger partial charge < -0.3 is 14.2 Å². The number of fused-ring (bicyclic) bond motifs is 3. The molecular formula is C14H13N5O2. The Bertz CT molecular complexity index is 875. The number of aromatic nitrogens is 5. The van der Waals surface area contributed by atoms with Crippen LogP contribution in [-0.2, 0) is 6.54 Å². The Hall–Kier alpha value is -2.83. The van der Waals surface area contributed by atoms with Crippen LogP contribution in [0.5, 0.6) is 5.75 Å². The predicted molar refractivity (Wildman–Crippen MR) is 75.9 cm³/mol. The summed E-state index contributed by atoms with van der Waals surface area (Å²) in [6.45, 7) is 2.75. The molecule has 7 nitrogen and oxygen atoms in total. The number of imidazole rings is 1. The molecule has 2 N–H and O–H groups in total. The van der Waals surface area contributed by atoms with Crippen molar-refractivity contribution in [2.24, 2.45) is 0 Å². The third kappa shape index (κ3) is 1.57. The first-order chi connectivity index (χ1) is 10.2. The van der Waals surface area contributed by atoms with Gasteiger partial charge in [-0.2, -0.15) is 5.10 Å². The normalized spacial score (nSPS) is 16.5. The zero-order valence-electron chi connectivity index (χ0n) is 11.3. The summed E-state index contributed by atoms with van der Waals surface area (Å²) in [6.07, 6.45) is 6.96. The van der Waals surface area contributed by atoms with Crippen molar-refractivity contribution < 1.29 is 5.11 Å². The second-order valence-corrected chi connectivity index (χ2v) is 5.20. The molecule has 106 valence electrons. The van der Waals surface area contributed by atoms with Gasteiger partial charge in [0.15, 0.2) is 11.6 Å². The molecule has 0 aromatic carbocycles. The van der Waals surface area contributed by atoms with Crippen LogP contribution in [0.1, 0.15) is 13.0 Å². The molecule has 1 aliphatic rings. The van der Waals surface area contributed by atoms with Gasteiger partial charge in [-0.05, 0) is 6.92 Å². The van der Waals surface area contributed by atoms with E-state index in [0.717, 1.165) is 11.3 Å². The summed E-state index contributed by atoms with van der Waals surface area (Å²) in [5.74, 6) is 0.342. The van der Waals surface area contributed by atoms with Gasteiger partial charge in [0.2, 0.25) is 5.43 Å². The maximum Gasteiger partial charge on any atom is 0.223 e. The van der Waals surface area contributed by atoms with E-state index in [4.69, 9.17) is 0 Å². The van der Waals surface area contributed by atoms with Gasteiger partial charge >= 0.3 is 0 Å². The summed E-state index contributed by atoms with van der Waals surface area (Å²) in [4.78, 5) is 16.1. The maximum atomic E-state index is 11.7. The summed E-state index contributed by atoms with van der Waals surface area (Å²) >= 11 is 0. The van der Waals surface area contributed by atoms with E-state index < -0.39 is 5.43 Å². The van der Waals surface area contributed by atoms with Gasteiger partial charge in [0, 0.05) is 36.6 Å². The Morgan fingerprint density at radius 2 is 2.29 bits per heavy atom. The van der Waals surface area contributed by atoms with Gasteiger partial charge in [0.1, 0.15) is 5.69 Å². The Kier molecular flexibility index (Phi) is 2.32. The van der Waals surface area contributed by atoms with Crippen molar-refractivity contribution in [3.63, 3.8) is 0 Å². The van der Waals surface area contributed by atoms with Gasteiger partial charge in [-0.3, -0.25) is 9.89 Å². The van der Waals surface area contributed by atoms with Crippen molar-refractivity contribution in [1.29, 1.82) is 0 Å². The summed E-state index contributed by atoms with van der Waals surface area (Å²) < 4.78 is 3.89. The number of aromatic amines is 1. The molecule has 7 heteroatoms. The first-order valence-electron chi connectivity index (χ1n) is 6.66. The van der Waals surface area contributed by atoms with E-state index in [1.807, 2.05) is 16.1 Å². The Morgan fingerprint density at radius 3 is 3.05 bits per heavy atom. The van der Waals surface area contributed by atoms with Crippen molar-refractivity contribution in [2.45, 2.75) is 19.5 Å². The fourth-order valence-corrected chi connectivity index (χ4v) is 2.85. The lowest BCUT2D eigenvalue weighted by molar-refractivity contribution is 0.417. The molecule has 0 saturated carbocycles. The highest BCUT2D eigenvalue weighted by Crippen LogP contribution is 2.36. The van der Waals surface area contributed by atoms with Crippen molar-refractivity contribution in [3.05, 3.63) is 41.1 Å². The zero-order valence-corrected chi connectivity index (χ0v) is 11.3. The van der Waals surface area contributed by atoms with Crippen LogP contribution >= 0.6 is 0 Å². The third-order valence-electron chi connectivity index (χ3n) is 3.89. The number of nitrogens with one attached hydrogen (secondary N) is 1. The molecule has 1 aliphatic heterocycles. The van der Waals surface area contributed by atoms with Gasteiger partial charge in [-0.15, -0.1) is 0 Å². The quantitative estimate of drug-likeness (QED) is 0.706.